The number of carbonyl (C=O) groups excluding carboxylic acids is 2. The first-order valence-corrected chi connectivity index (χ1v) is 7.88. The van der Waals surface area contributed by atoms with E-state index in [0.29, 0.717) is 15.7 Å². The number of nitrogens with one attached hydrogen (secondary N) is 1. The summed E-state index contributed by atoms with van der Waals surface area (Å²) < 4.78 is 0. The van der Waals surface area contributed by atoms with Crippen molar-refractivity contribution in [1.29, 1.82) is 0 Å². The maximum Gasteiger partial charge on any atom is 0.244 e. The van der Waals surface area contributed by atoms with E-state index < -0.39 is 5.91 Å². The van der Waals surface area contributed by atoms with Gasteiger partial charge in [-0.1, -0.05) is 41.4 Å². The van der Waals surface area contributed by atoms with Gasteiger partial charge in [0.1, 0.15) is 5.75 Å². The second-order valence-corrected chi connectivity index (χ2v) is 6.05. The Morgan fingerprint density at radius 3 is 2.25 bits per heavy atom. The fourth-order valence-electron chi connectivity index (χ4n) is 2.02. The third-order valence-corrected chi connectivity index (χ3v) is 3.96. The highest BCUT2D eigenvalue weighted by molar-refractivity contribution is 6.39. The number of rotatable bonds is 5. The number of aromatic hydroxyl groups is 1. The Morgan fingerprint density at radius 2 is 1.67 bits per heavy atom. The molecule has 2 aromatic rings. The van der Waals surface area contributed by atoms with Gasteiger partial charge in [0.15, 0.2) is 0 Å². The van der Waals surface area contributed by atoms with Gasteiger partial charge in [0.2, 0.25) is 11.8 Å². The first-order chi connectivity index (χ1) is 11.4. The van der Waals surface area contributed by atoms with Gasteiger partial charge in [-0.3, -0.25) is 9.59 Å². The number of halogens is 2. The van der Waals surface area contributed by atoms with Crippen molar-refractivity contribution in [2.75, 3.05) is 18.9 Å². The largest absolute Gasteiger partial charge is 0.508 e. The number of benzene rings is 2. The molecule has 0 aliphatic rings. The summed E-state index contributed by atoms with van der Waals surface area (Å²) in [5, 5.41) is 12.5. The molecule has 0 aromatic heterocycles. The molecule has 7 heteroatoms. The smallest absolute Gasteiger partial charge is 0.244 e. The first-order valence-electron chi connectivity index (χ1n) is 7.12. The highest BCUT2D eigenvalue weighted by atomic mass is 35.5. The third-order valence-electron chi connectivity index (χ3n) is 3.33. The summed E-state index contributed by atoms with van der Waals surface area (Å²) >= 11 is 12.0. The van der Waals surface area contributed by atoms with Gasteiger partial charge in [-0.15, -0.1) is 0 Å². The summed E-state index contributed by atoms with van der Waals surface area (Å²) in [6.07, 6.45) is 0.136. The average molecular weight is 367 g/mol. The van der Waals surface area contributed by atoms with Crippen LogP contribution in [0, 0.1) is 0 Å². The molecule has 0 saturated heterocycles. The van der Waals surface area contributed by atoms with E-state index in [1.807, 2.05) is 0 Å². The molecule has 0 aliphatic heterocycles. The molecule has 5 nitrogen and oxygen atoms in total. The lowest BCUT2D eigenvalue weighted by atomic mass is 10.1. The second-order valence-electron chi connectivity index (χ2n) is 5.24. The van der Waals surface area contributed by atoms with E-state index in [0.717, 1.165) is 5.56 Å². The van der Waals surface area contributed by atoms with Crippen LogP contribution in [0.3, 0.4) is 0 Å². The third kappa shape index (κ3) is 4.88. The predicted molar refractivity (Wildman–Crippen MR) is 94.5 cm³/mol. The lowest BCUT2D eigenvalue weighted by Gasteiger charge is -2.17. The van der Waals surface area contributed by atoms with Crippen molar-refractivity contribution in [3.05, 3.63) is 58.1 Å². The number of likely N-dealkylation sites (N-methyl/N-ethyl adjacent to an activating group) is 1. The number of anilines is 1. The highest BCUT2D eigenvalue weighted by Gasteiger charge is 2.15. The molecular weight excluding hydrogens is 351 g/mol. The quantitative estimate of drug-likeness (QED) is 0.852. The maximum atomic E-state index is 12.2. The summed E-state index contributed by atoms with van der Waals surface area (Å²) in [5.74, 6) is -0.483. The summed E-state index contributed by atoms with van der Waals surface area (Å²) in [7, 11) is 1.54. The number of amides is 2. The van der Waals surface area contributed by atoms with E-state index in [1.165, 1.54) is 24.1 Å². The van der Waals surface area contributed by atoms with Crippen molar-refractivity contribution < 1.29 is 14.7 Å². The van der Waals surface area contributed by atoms with Crippen molar-refractivity contribution in [2.45, 2.75) is 6.42 Å². The number of carbonyl (C=O) groups is 2. The van der Waals surface area contributed by atoms with E-state index in [9.17, 15) is 14.7 Å². The van der Waals surface area contributed by atoms with Crippen LogP contribution in [-0.2, 0) is 16.0 Å². The van der Waals surface area contributed by atoms with Gasteiger partial charge in [0.25, 0.3) is 0 Å². The monoisotopic (exact) mass is 366 g/mol. The maximum absolute atomic E-state index is 12.2. The Bertz CT molecular complexity index is 728. The molecule has 0 radical (unpaired) electrons. The number of hydrogen-bond acceptors (Lipinski definition) is 3. The van der Waals surface area contributed by atoms with Crippen molar-refractivity contribution in [2.24, 2.45) is 0 Å². The van der Waals surface area contributed by atoms with Gasteiger partial charge in [0, 0.05) is 7.05 Å². The van der Waals surface area contributed by atoms with Crippen LogP contribution in [0.25, 0.3) is 0 Å². The molecule has 24 heavy (non-hydrogen) atoms. The number of phenols is 1. The molecule has 2 rings (SSSR count). The molecule has 0 heterocycles. The van der Waals surface area contributed by atoms with Gasteiger partial charge in [-0.05, 0) is 29.8 Å². The van der Waals surface area contributed by atoms with Crippen molar-refractivity contribution in [3.8, 4) is 5.75 Å². The summed E-state index contributed by atoms with van der Waals surface area (Å²) in [6, 6.07) is 11.2. The van der Waals surface area contributed by atoms with Gasteiger partial charge in [0.05, 0.1) is 28.7 Å². The van der Waals surface area contributed by atoms with Crippen molar-refractivity contribution in [1.82, 2.24) is 4.90 Å². The molecule has 0 fully saturated rings. The number of phenolic OH excluding ortho intramolecular Hbond substituents is 1. The van der Waals surface area contributed by atoms with Crippen LogP contribution in [0.15, 0.2) is 42.5 Å². The molecule has 2 aromatic carbocycles. The molecule has 2 amide bonds. The van der Waals surface area contributed by atoms with E-state index >= 15 is 0 Å². The molecular formula is C17H16Cl2N2O3. The molecule has 0 saturated carbocycles. The Balaban J connectivity index is 1.93. The highest BCUT2D eigenvalue weighted by Crippen LogP contribution is 2.29. The van der Waals surface area contributed by atoms with Crippen LogP contribution in [0.1, 0.15) is 5.56 Å². The summed E-state index contributed by atoms with van der Waals surface area (Å²) in [5.41, 5.74) is 1.07. The number of para-hydroxylation sites is 1. The standard InChI is InChI=1S/C17H16Cl2N2O3/c1-21(16(24)9-11-5-7-12(22)8-6-11)10-15(23)20-17-13(18)3-2-4-14(17)19/h2-8,22H,9-10H2,1H3,(H,20,23). The SMILES string of the molecule is CN(CC(=O)Nc1c(Cl)cccc1Cl)C(=O)Cc1ccc(O)cc1. The Morgan fingerprint density at radius 1 is 1.08 bits per heavy atom. The Hall–Kier alpha value is -2.24. The number of nitrogens with zero attached hydrogens (tertiary/aromatic N) is 1. The van der Waals surface area contributed by atoms with Crippen molar-refractivity contribution in [3.63, 3.8) is 0 Å². The summed E-state index contributed by atoms with van der Waals surface area (Å²) in [6.45, 7) is -0.127. The molecule has 0 aliphatic carbocycles. The lowest BCUT2D eigenvalue weighted by molar-refractivity contribution is -0.132. The van der Waals surface area contributed by atoms with Crippen molar-refractivity contribution >= 4 is 40.7 Å². The molecule has 0 unspecified atom stereocenters. The number of hydrogen-bond donors (Lipinski definition) is 2. The van der Waals surface area contributed by atoms with E-state index in [-0.39, 0.29) is 24.6 Å². The van der Waals surface area contributed by atoms with Crippen LogP contribution in [0.4, 0.5) is 5.69 Å². The zero-order valence-corrected chi connectivity index (χ0v) is 14.4. The van der Waals surface area contributed by atoms with Crippen LogP contribution < -0.4 is 5.32 Å². The van der Waals surface area contributed by atoms with Gasteiger partial charge >= 0.3 is 0 Å². The van der Waals surface area contributed by atoms with E-state index in [1.54, 1.807) is 30.3 Å². The average Bonchev–Trinajstić information content (AvgIpc) is 2.53. The fourth-order valence-corrected chi connectivity index (χ4v) is 2.52. The van der Waals surface area contributed by atoms with Gasteiger partial charge in [-0.25, -0.2) is 0 Å². The zero-order valence-electron chi connectivity index (χ0n) is 12.9. The molecule has 0 spiro atoms. The minimum Gasteiger partial charge on any atom is -0.508 e. The minimum absolute atomic E-state index is 0.127. The second kappa shape index (κ2) is 8.04. The minimum atomic E-state index is -0.397. The van der Waals surface area contributed by atoms with E-state index in [4.69, 9.17) is 23.2 Å². The summed E-state index contributed by atoms with van der Waals surface area (Å²) in [4.78, 5) is 25.5. The lowest BCUT2D eigenvalue weighted by Crippen LogP contribution is -2.35. The first kappa shape index (κ1) is 18.1. The van der Waals surface area contributed by atoms with Crippen LogP contribution in [-0.4, -0.2) is 35.4 Å². The Kier molecular flexibility index (Phi) is 6.06. The van der Waals surface area contributed by atoms with Crippen LogP contribution in [0.2, 0.25) is 10.0 Å². The topological polar surface area (TPSA) is 69.6 Å². The molecule has 2 N–H and O–H groups in total. The Labute approximate surface area is 149 Å². The molecule has 126 valence electrons. The van der Waals surface area contributed by atoms with E-state index in [2.05, 4.69) is 5.32 Å². The molecule has 0 bridgehead atoms. The van der Waals surface area contributed by atoms with Gasteiger partial charge in [-0.2, -0.15) is 0 Å². The predicted octanol–water partition coefficient (Wildman–Crippen LogP) is 3.34. The fraction of sp³-hybridized carbons (Fsp3) is 0.176. The van der Waals surface area contributed by atoms with Crippen LogP contribution >= 0.6 is 23.2 Å². The normalized spacial score (nSPS) is 10.3. The van der Waals surface area contributed by atoms with Crippen LogP contribution in [0.5, 0.6) is 5.75 Å². The van der Waals surface area contributed by atoms with Gasteiger partial charge < -0.3 is 15.3 Å². The molecule has 0 atom stereocenters. The zero-order chi connectivity index (χ0) is 17.7.